The van der Waals surface area contributed by atoms with E-state index >= 15 is 0 Å². The van der Waals surface area contributed by atoms with Crippen LogP contribution >= 0.6 is 11.8 Å². The van der Waals surface area contributed by atoms with Gasteiger partial charge in [0.2, 0.25) is 0 Å². The van der Waals surface area contributed by atoms with Gasteiger partial charge in [-0.2, -0.15) is 13.2 Å². The molecule has 0 aliphatic carbocycles. The number of halogens is 3. The molecule has 4 rings (SSSR count). The average molecular weight is 484 g/mol. The largest absolute Gasteiger partial charge is 0.549 e. The Morgan fingerprint density at radius 1 is 0.941 bits per heavy atom. The minimum Gasteiger partial charge on any atom is -0.549 e. The van der Waals surface area contributed by atoms with Crippen LogP contribution in [0.1, 0.15) is 11.4 Å². The fraction of sp³-hybridized carbons (Fsp3) is 0.125. The molecule has 0 saturated carbocycles. The normalized spacial score (nSPS) is 11.4. The molecule has 0 radical (unpaired) electrons. The van der Waals surface area contributed by atoms with Gasteiger partial charge in [0.15, 0.2) is 11.0 Å². The molecule has 6 nitrogen and oxygen atoms in total. The number of hydrogen-bond donors (Lipinski definition) is 0. The highest BCUT2D eigenvalue weighted by Crippen LogP contribution is 2.36. The number of thioether (sulfide) groups is 1. The fourth-order valence-corrected chi connectivity index (χ4v) is 4.03. The molecule has 1 heterocycles. The van der Waals surface area contributed by atoms with Crippen molar-refractivity contribution in [3.8, 4) is 22.6 Å². The number of rotatable bonds is 8. The Labute approximate surface area is 197 Å². The molecule has 4 aromatic rings. The van der Waals surface area contributed by atoms with Crippen molar-refractivity contribution in [2.75, 3.05) is 5.75 Å². The number of ether oxygens (including phenoxy) is 1. The minimum atomic E-state index is -4.64. The molecule has 0 saturated heterocycles. The van der Waals surface area contributed by atoms with Gasteiger partial charge in [-0.15, -0.1) is 10.2 Å². The van der Waals surface area contributed by atoms with Crippen LogP contribution in [0, 0.1) is 0 Å². The number of carboxylic acids is 1. The van der Waals surface area contributed by atoms with Gasteiger partial charge in [0.1, 0.15) is 12.4 Å². The summed E-state index contributed by atoms with van der Waals surface area (Å²) in [5.41, 5.74) is 0.579. The highest BCUT2D eigenvalue weighted by molar-refractivity contribution is 7.99. The van der Waals surface area contributed by atoms with Gasteiger partial charge in [-0.05, 0) is 23.8 Å². The number of benzene rings is 3. The van der Waals surface area contributed by atoms with Gasteiger partial charge in [0.25, 0.3) is 0 Å². The molecule has 0 atom stereocenters. The monoisotopic (exact) mass is 484 g/mol. The second kappa shape index (κ2) is 10.0. The second-order valence-electron chi connectivity index (χ2n) is 7.06. The zero-order chi connectivity index (χ0) is 24.1. The summed E-state index contributed by atoms with van der Waals surface area (Å²) < 4.78 is 48.3. The maximum Gasteiger partial charge on any atom is 0.418 e. The molecule has 0 aliphatic heterocycles. The maximum absolute atomic E-state index is 13.7. The first kappa shape index (κ1) is 23.4. The Balaban J connectivity index is 1.72. The summed E-state index contributed by atoms with van der Waals surface area (Å²) in [6, 6.07) is 21.7. The van der Waals surface area contributed by atoms with E-state index in [1.807, 2.05) is 42.5 Å². The van der Waals surface area contributed by atoms with E-state index in [-0.39, 0.29) is 23.3 Å². The third-order valence-electron chi connectivity index (χ3n) is 4.80. The number of aliphatic carboxylic acids is 1. The van der Waals surface area contributed by atoms with Crippen LogP contribution in [0.5, 0.6) is 5.75 Å². The zero-order valence-corrected chi connectivity index (χ0v) is 18.3. The summed E-state index contributed by atoms with van der Waals surface area (Å²) >= 11 is 0.716. The van der Waals surface area contributed by atoms with Crippen LogP contribution in [0.2, 0.25) is 0 Å². The molecule has 0 aliphatic rings. The number of nitrogens with zero attached hydrogens (tertiary/aromatic N) is 3. The summed E-state index contributed by atoms with van der Waals surface area (Å²) in [5, 5.41) is 18.8. The molecule has 174 valence electrons. The van der Waals surface area contributed by atoms with E-state index in [1.165, 1.54) is 22.8 Å². The van der Waals surface area contributed by atoms with Gasteiger partial charge in [-0.1, -0.05) is 72.4 Å². The molecular formula is C24H17F3N3O3S-. The quantitative estimate of drug-likeness (QED) is 0.346. The van der Waals surface area contributed by atoms with E-state index in [9.17, 15) is 23.1 Å². The molecule has 0 unspecified atom stereocenters. The lowest BCUT2D eigenvalue weighted by molar-refractivity contribution is -0.301. The third kappa shape index (κ3) is 5.23. The van der Waals surface area contributed by atoms with Crippen molar-refractivity contribution in [1.82, 2.24) is 14.8 Å². The molecule has 34 heavy (non-hydrogen) atoms. The number of carbonyl (C=O) groups excluding carboxylic acids is 1. The van der Waals surface area contributed by atoms with E-state index in [0.29, 0.717) is 17.5 Å². The SMILES string of the molecule is O=C([O-])CSc1nnc(COc2ccccc2-c2ccccc2)n1-c1ccccc1C(F)(F)F. The van der Waals surface area contributed by atoms with E-state index < -0.39 is 23.5 Å². The Morgan fingerprint density at radius 3 is 2.35 bits per heavy atom. The number of para-hydroxylation sites is 2. The van der Waals surface area contributed by atoms with Crippen molar-refractivity contribution >= 4 is 17.7 Å². The average Bonchev–Trinajstić information content (AvgIpc) is 3.24. The van der Waals surface area contributed by atoms with Crippen molar-refractivity contribution < 1.29 is 27.8 Å². The highest BCUT2D eigenvalue weighted by atomic mass is 32.2. The molecule has 0 fully saturated rings. The lowest BCUT2D eigenvalue weighted by atomic mass is 10.1. The number of aromatic nitrogens is 3. The van der Waals surface area contributed by atoms with Crippen molar-refractivity contribution in [3.05, 3.63) is 90.3 Å². The Kier molecular flexibility index (Phi) is 6.87. The van der Waals surface area contributed by atoms with Gasteiger partial charge in [0.05, 0.1) is 17.2 Å². The standard InChI is InChI=1S/C24H18F3N3O3S/c25-24(26,27)18-11-5-6-12-19(18)30-21(28-29-23(30)34-15-22(31)32)14-33-20-13-7-4-10-17(20)16-8-2-1-3-9-16/h1-13H,14-15H2,(H,31,32)/p-1. The van der Waals surface area contributed by atoms with Crippen LogP contribution in [-0.2, 0) is 17.6 Å². The Morgan fingerprint density at radius 2 is 1.62 bits per heavy atom. The third-order valence-corrected chi connectivity index (χ3v) is 5.70. The predicted octanol–water partition coefficient (Wildman–Crippen LogP) is 4.37. The van der Waals surface area contributed by atoms with Crippen LogP contribution in [0.15, 0.2) is 84.0 Å². The minimum absolute atomic E-state index is 0.0177. The van der Waals surface area contributed by atoms with Gasteiger partial charge in [-0.3, -0.25) is 4.57 Å². The van der Waals surface area contributed by atoms with E-state index in [0.717, 1.165) is 17.2 Å². The summed E-state index contributed by atoms with van der Waals surface area (Å²) in [4.78, 5) is 10.9. The van der Waals surface area contributed by atoms with Gasteiger partial charge in [0, 0.05) is 11.3 Å². The lowest BCUT2D eigenvalue weighted by Gasteiger charge is -2.17. The Hall–Kier alpha value is -3.79. The Bertz CT molecular complexity index is 1290. The number of carbonyl (C=O) groups is 1. The summed E-state index contributed by atoms with van der Waals surface area (Å²) in [7, 11) is 0. The predicted molar refractivity (Wildman–Crippen MR) is 118 cm³/mol. The number of carboxylic acid groups (broad SMARTS) is 1. The van der Waals surface area contributed by atoms with E-state index in [4.69, 9.17) is 4.74 Å². The molecule has 0 amide bonds. The van der Waals surface area contributed by atoms with Crippen molar-refractivity contribution in [3.63, 3.8) is 0 Å². The highest BCUT2D eigenvalue weighted by Gasteiger charge is 2.35. The van der Waals surface area contributed by atoms with Crippen LogP contribution < -0.4 is 9.84 Å². The molecule has 3 aromatic carbocycles. The van der Waals surface area contributed by atoms with E-state index in [2.05, 4.69) is 10.2 Å². The molecule has 1 aromatic heterocycles. The maximum atomic E-state index is 13.7. The van der Waals surface area contributed by atoms with Gasteiger partial charge < -0.3 is 14.6 Å². The topological polar surface area (TPSA) is 80.1 Å². The molecule has 10 heteroatoms. The van der Waals surface area contributed by atoms with Crippen LogP contribution in [0.4, 0.5) is 13.2 Å². The molecule has 0 spiro atoms. The van der Waals surface area contributed by atoms with Gasteiger partial charge >= 0.3 is 6.18 Å². The molecular weight excluding hydrogens is 467 g/mol. The van der Waals surface area contributed by atoms with Crippen molar-refractivity contribution in [2.45, 2.75) is 17.9 Å². The summed E-state index contributed by atoms with van der Waals surface area (Å²) in [6.45, 7) is -0.199. The zero-order valence-electron chi connectivity index (χ0n) is 17.5. The van der Waals surface area contributed by atoms with Crippen LogP contribution in [0.25, 0.3) is 16.8 Å². The second-order valence-corrected chi connectivity index (χ2v) is 8.00. The van der Waals surface area contributed by atoms with Crippen molar-refractivity contribution in [2.24, 2.45) is 0 Å². The lowest BCUT2D eigenvalue weighted by Crippen LogP contribution is -2.24. The first-order valence-electron chi connectivity index (χ1n) is 10.1. The fourth-order valence-electron chi connectivity index (χ4n) is 3.35. The van der Waals surface area contributed by atoms with Crippen LogP contribution in [0.3, 0.4) is 0 Å². The van der Waals surface area contributed by atoms with Gasteiger partial charge in [-0.25, -0.2) is 0 Å². The number of hydrogen-bond acceptors (Lipinski definition) is 6. The molecule has 0 bridgehead atoms. The van der Waals surface area contributed by atoms with Crippen LogP contribution in [-0.4, -0.2) is 26.5 Å². The smallest absolute Gasteiger partial charge is 0.418 e. The molecule has 0 N–H and O–H groups in total. The first-order valence-corrected chi connectivity index (χ1v) is 11.0. The number of alkyl halides is 3. The summed E-state index contributed by atoms with van der Waals surface area (Å²) in [5.74, 6) is -1.28. The summed E-state index contributed by atoms with van der Waals surface area (Å²) in [6.07, 6.45) is -4.64. The first-order chi connectivity index (χ1) is 16.3. The van der Waals surface area contributed by atoms with E-state index in [1.54, 1.807) is 12.1 Å². The van der Waals surface area contributed by atoms with Crippen molar-refractivity contribution in [1.29, 1.82) is 0 Å².